The maximum absolute atomic E-state index is 8.85. The molecule has 0 saturated carbocycles. The Morgan fingerprint density at radius 3 is 2.89 bits per heavy atom. The zero-order valence-corrected chi connectivity index (χ0v) is 11.5. The van der Waals surface area contributed by atoms with Crippen LogP contribution in [0.15, 0.2) is 36.7 Å². The molecule has 2 rings (SSSR count). The van der Waals surface area contributed by atoms with Gasteiger partial charge in [0.2, 0.25) is 0 Å². The third-order valence-corrected chi connectivity index (χ3v) is 3.28. The van der Waals surface area contributed by atoms with Gasteiger partial charge in [-0.15, -0.1) is 0 Å². The average Bonchev–Trinajstić information content (AvgIpc) is 2.85. The molecular weight excluding hydrogens is 238 g/mol. The van der Waals surface area contributed by atoms with E-state index in [0.717, 1.165) is 12.1 Å². The number of hydrogen-bond acceptors (Lipinski definition) is 3. The van der Waals surface area contributed by atoms with Crippen molar-refractivity contribution in [1.29, 1.82) is 0 Å². The van der Waals surface area contributed by atoms with E-state index < -0.39 is 0 Å². The molecule has 102 valence electrons. The molecule has 0 saturated heterocycles. The number of benzene rings is 1. The molecule has 0 spiro atoms. The summed E-state index contributed by atoms with van der Waals surface area (Å²) in [6.07, 6.45) is 3.81. The summed E-state index contributed by atoms with van der Waals surface area (Å²) in [5.41, 5.74) is 3.76. The summed E-state index contributed by atoms with van der Waals surface area (Å²) in [5.74, 6) is 0. The van der Waals surface area contributed by atoms with Crippen LogP contribution in [0.25, 0.3) is 0 Å². The molecule has 19 heavy (non-hydrogen) atoms. The van der Waals surface area contributed by atoms with E-state index in [4.69, 9.17) is 5.11 Å². The molecule has 0 bridgehead atoms. The number of aromatic nitrogens is 2. The number of hydrogen-bond donors (Lipinski definition) is 2. The van der Waals surface area contributed by atoms with Gasteiger partial charge in [0.1, 0.15) is 0 Å². The molecule has 1 aromatic heterocycles. The van der Waals surface area contributed by atoms with E-state index in [-0.39, 0.29) is 6.61 Å². The Morgan fingerprint density at radius 2 is 2.16 bits per heavy atom. The Morgan fingerprint density at radius 1 is 1.37 bits per heavy atom. The second-order valence-electron chi connectivity index (χ2n) is 4.79. The molecule has 0 fully saturated rings. The topological polar surface area (TPSA) is 50.1 Å². The van der Waals surface area contributed by atoms with Gasteiger partial charge in [-0.25, -0.2) is 0 Å². The number of rotatable bonds is 6. The van der Waals surface area contributed by atoms with E-state index >= 15 is 0 Å². The van der Waals surface area contributed by atoms with E-state index in [1.807, 2.05) is 12.4 Å². The Kier molecular flexibility index (Phi) is 4.71. The highest BCUT2D eigenvalue weighted by Gasteiger charge is 2.07. The summed E-state index contributed by atoms with van der Waals surface area (Å²) >= 11 is 0. The summed E-state index contributed by atoms with van der Waals surface area (Å²) in [5, 5.41) is 16.5. The molecule has 2 N–H and O–H groups in total. The Bertz CT molecular complexity index is 522. The lowest BCUT2D eigenvalue weighted by Gasteiger charge is -2.15. The second kappa shape index (κ2) is 6.50. The van der Waals surface area contributed by atoms with Gasteiger partial charge >= 0.3 is 0 Å². The number of aliphatic hydroxyl groups excluding tert-OH is 1. The maximum Gasteiger partial charge on any atom is 0.0640 e. The summed E-state index contributed by atoms with van der Waals surface area (Å²) in [4.78, 5) is 0. The molecule has 1 aromatic carbocycles. The average molecular weight is 259 g/mol. The monoisotopic (exact) mass is 259 g/mol. The smallest absolute Gasteiger partial charge is 0.0640 e. The Balaban J connectivity index is 1.92. The number of nitrogens with zero attached hydrogens (tertiary/aromatic N) is 2. The SMILES string of the molecule is Cc1ccccc1[C@H](C)NCc1cnn(CCO)c1. The largest absolute Gasteiger partial charge is 0.394 e. The van der Waals surface area contributed by atoms with Crippen molar-refractivity contribution in [1.82, 2.24) is 15.1 Å². The van der Waals surface area contributed by atoms with Gasteiger partial charge in [0.25, 0.3) is 0 Å². The molecule has 0 aliphatic carbocycles. The molecule has 2 aromatic rings. The summed E-state index contributed by atoms with van der Waals surface area (Å²) in [6, 6.07) is 8.72. The van der Waals surface area contributed by atoms with Crippen molar-refractivity contribution in [2.45, 2.75) is 33.0 Å². The van der Waals surface area contributed by atoms with E-state index in [1.54, 1.807) is 4.68 Å². The van der Waals surface area contributed by atoms with E-state index in [0.29, 0.717) is 12.6 Å². The standard InChI is InChI=1S/C15H21N3O/c1-12-5-3-4-6-15(12)13(2)16-9-14-10-17-18(11-14)7-8-19/h3-6,10-11,13,16,19H,7-9H2,1-2H3/t13-/m0/s1. The zero-order valence-electron chi connectivity index (χ0n) is 11.5. The molecular formula is C15H21N3O. The summed E-state index contributed by atoms with van der Waals surface area (Å²) < 4.78 is 1.76. The van der Waals surface area contributed by atoms with Crippen molar-refractivity contribution >= 4 is 0 Å². The van der Waals surface area contributed by atoms with Crippen molar-refractivity contribution in [3.63, 3.8) is 0 Å². The van der Waals surface area contributed by atoms with Crippen LogP contribution in [0.3, 0.4) is 0 Å². The predicted octanol–water partition coefficient (Wildman–Crippen LogP) is 2.03. The van der Waals surface area contributed by atoms with Gasteiger partial charge in [-0.05, 0) is 25.0 Å². The Hall–Kier alpha value is -1.65. The van der Waals surface area contributed by atoms with E-state index in [9.17, 15) is 0 Å². The predicted molar refractivity (Wildman–Crippen MR) is 75.7 cm³/mol. The molecule has 0 amide bonds. The molecule has 0 radical (unpaired) electrons. The van der Waals surface area contributed by atoms with Gasteiger partial charge < -0.3 is 10.4 Å². The van der Waals surface area contributed by atoms with Crippen LogP contribution in [-0.2, 0) is 13.1 Å². The fraction of sp³-hybridized carbons (Fsp3) is 0.400. The minimum atomic E-state index is 0.119. The normalized spacial score (nSPS) is 12.6. The molecule has 1 atom stereocenters. The molecule has 0 unspecified atom stereocenters. The minimum Gasteiger partial charge on any atom is -0.394 e. The quantitative estimate of drug-likeness (QED) is 0.834. The molecule has 4 nitrogen and oxygen atoms in total. The lowest BCUT2D eigenvalue weighted by molar-refractivity contribution is 0.269. The Labute approximate surface area is 114 Å². The van der Waals surface area contributed by atoms with Crippen molar-refractivity contribution in [2.24, 2.45) is 0 Å². The summed E-state index contributed by atoms with van der Waals surface area (Å²) in [6.45, 7) is 5.75. The molecule has 0 aliphatic rings. The first-order valence-corrected chi connectivity index (χ1v) is 6.62. The van der Waals surface area contributed by atoms with Crippen LogP contribution >= 0.6 is 0 Å². The second-order valence-corrected chi connectivity index (χ2v) is 4.79. The van der Waals surface area contributed by atoms with Gasteiger partial charge in [0.05, 0.1) is 19.3 Å². The first-order chi connectivity index (χ1) is 9.20. The van der Waals surface area contributed by atoms with Crippen molar-refractivity contribution < 1.29 is 5.11 Å². The van der Waals surface area contributed by atoms with Crippen LogP contribution in [0.5, 0.6) is 0 Å². The fourth-order valence-electron chi connectivity index (χ4n) is 2.18. The molecule has 4 heteroatoms. The van der Waals surface area contributed by atoms with Crippen molar-refractivity contribution in [2.75, 3.05) is 6.61 Å². The summed E-state index contributed by atoms with van der Waals surface area (Å²) in [7, 11) is 0. The van der Waals surface area contributed by atoms with Crippen LogP contribution in [0.2, 0.25) is 0 Å². The number of aliphatic hydroxyl groups is 1. The third-order valence-electron chi connectivity index (χ3n) is 3.28. The van der Waals surface area contributed by atoms with Crippen LogP contribution in [-0.4, -0.2) is 21.5 Å². The highest BCUT2D eigenvalue weighted by Crippen LogP contribution is 2.17. The first-order valence-electron chi connectivity index (χ1n) is 6.62. The van der Waals surface area contributed by atoms with Gasteiger partial charge in [-0.1, -0.05) is 24.3 Å². The van der Waals surface area contributed by atoms with Gasteiger partial charge in [0, 0.05) is 24.3 Å². The van der Waals surface area contributed by atoms with Crippen LogP contribution in [0, 0.1) is 6.92 Å². The minimum absolute atomic E-state index is 0.119. The fourth-order valence-corrected chi connectivity index (χ4v) is 2.18. The van der Waals surface area contributed by atoms with Crippen LogP contribution < -0.4 is 5.32 Å². The lowest BCUT2D eigenvalue weighted by atomic mass is 10.0. The van der Waals surface area contributed by atoms with E-state index in [1.165, 1.54) is 11.1 Å². The zero-order chi connectivity index (χ0) is 13.7. The highest BCUT2D eigenvalue weighted by atomic mass is 16.3. The van der Waals surface area contributed by atoms with Crippen LogP contribution in [0.1, 0.15) is 29.7 Å². The van der Waals surface area contributed by atoms with Gasteiger partial charge in [-0.3, -0.25) is 4.68 Å². The molecule has 1 heterocycles. The molecule has 0 aliphatic heterocycles. The number of aryl methyl sites for hydroxylation is 1. The lowest BCUT2D eigenvalue weighted by Crippen LogP contribution is -2.18. The maximum atomic E-state index is 8.85. The van der Waals surface area contributed by atoms with E-state index in [2.05, 4.69) is 48.5 Å². The first kappa shape index (κ1) is 13.8. The highest BCUT2D eigenvalue weighted by molar-refractivity contribution is 5.28. The van der Waals surface area contributed by atoms with Crippen molar-refractivity contribution in [3.8, 4) is 0 Å². The van der Waals surface area contributed by atoms with Crippen molar-refractivity contribution in [3.05, 3.63) is 53.3 Å². The van der Waals surface area contributed by atoms with Gasteiger partial charge in [-0.2, -0.15) is 5.10 Å². The third kappa shape index (κ3) is 3.66. The number of nitrogens with one attached hydrogen (secondary N) is 1. The van der Waals surface area contributed by atoms with Gasteiger partial charge in [0.15, 0.2) is 0 Å². The van der Waals surface area contributed by atoms with Crippen LogP contribution in [0.4, 0.5) is 0 Å².